The van der Waals surface area contributed by atoms with Crippen molar-refractivity contribution in [3.63, 3.8) is 0 Å². The molecule has 0 amide bonds. The van der Waals surface area contributed by atoms with E-state index < -0.39 is 0 Å². The third kappa shape index (κ3) is 3.37. The summed E-state index contributed by atoms with van der Waals surface area (Å²) in [6.07, 6.45) is 5.69. The number of fused-ring (bicyclic) bond motifs is 2. The highest BCUT2D eigenvalue weighted by Crippen LogP contribution is 2.37. The lowest BCUT2D eigenvalue weighted by atomic mass is 9.89. The van der Waals surface area contributed by atoms with Gasteiger partial charge in [-0.2, -0.15) is 0 Å². The zero-order valence-corrected chi connectivity index (χ0v) is 14.5. The first-order chi connectivity index (χ1) is 11.4. The van der Waals surface area contributed by atoms with Crippen molar-refractivity contribution in [2.75, 3.05) is 6.16 Å². The topological polar surface area (TPSA) is 0 Å². The van der Waals surface area contributed by atoms with Gasteiger partial charge in [0.25, 0.3) is 0 Å². The summed E-state index contributed by atoms with van der Waals surface area (Å²) in [5, 5.41) is 1.44. The third-order valence-corrected chi connectivity index (χ3v) is 5.82. The maximum atomic E-state index is 2.29. The van der Waals surface area contributed by atoms with Crippen LogP contribution < -0.4 is 5.30 Å². The zero-order valence-electron chi connectivity index (χ0n) is 13.5. The van der Waals surface area contributed by atoms with Crippen molar-refractivity contribution < 1.29 is 0 Å². The van der Waals surface area contributed by atoms with E-state index in [-0.39, 0.29) is 8.41 Å². The Hall–Kier alpha value is -2.11. The van der Waals surface area contributed by atoms with Crippen LogP contribution in [-0.4, -0.2) is 14.6 Å². The largest absolute Gasteiger partial charge is 0.0894 e. The second-order valence-corrected chi connectivity index (χ2v) is 7.23. The molecule has 0 saturated carbocycles. The van der Waals surface area contributed by atoms with E-state index in [9.17, 15) is 0 Å². The number of hydrogen-bond donors (Lipinski definition) is 0. The van der Waals surface area contributed by atoms with Crippen LogP contribution in [0.15, 0.2) is 78.9 Å². The standard InChI is InChI=1S/C22H19P.B/c1-2-10-19(11-3-1)23-16-22-20-12-6-4-8-17(20)14-15-18-9-5-7-13-21(18)22;/h1-15,22-23H,16H2;. The van der Waals surface area contributed by atoms with E-state index in [1.807, 2.05) is 0 Å². The summed E-state index contributed by atoms with van der Waals surface area (Å²) in [7, 11) is 0.829. The van der Waals surface area contributed by atoms with E-state index in [4.69, 9.17) is 0 Å². The number of benzene rings is 3. The van der Waals surface area contributed by atoms with Crippen molar-refractivity contribution in [1.82, 2.24) is 0 Å². The lowest BCUT2D eigenvalue weighted by molar-refractivity contribution is 0.932. The van der Waals surface area contributed by atoms with Gasteiger partial charge in [0.2, 0.25) is 0 Å². The highest BCUT2D eigenvalue weighted by molar-refractivity contribution is 7.47. The second kappa shape index (κ2) is 7.64. The van der Waals surface area contributed by atoms with E-state index in [2.05, 4.69) is 91.0 Å². The van der Waals surface area contributed by atoms with Crippen molar-refractivity contribution in [3.8, 4) is 0 Å². The molecule has 3 aromatic rings. The van der Waals surface area contributed by atoms with Crippen molar-refractivity contribution in [3.05, 3.63) is 101 Å². The van der Waals surface area contributed by atoms with Crippen LogP contribution in [0.1, 0.15) is 28.2 Å². The smallest absolute Gasteiger partial charge is 0.0141 e. The molecule has 0 nitrogen and oxygen atoms in total. The molecule has 0 N–H and O–H groups in total. The van der Waals surface area contributed by atoms with E-state index in [1.165, 1.54) is 33.7 Å². The van der Waals surface area contributed by atoms with Crippen LogP contribution in [0, 0.1) is 0 Å². The monoisotopic (exact) mass is 325 g/mol. The summed E-state index contributed by atoms with van der Waals surface area (Å²) in [4.78, 5) is 0. The summed E-state index contributed by atoms with van der Waals surface area (Å²) < 4.78 is 0. The minimum Gasteiger partial charge on any atom is -0.0894 e. The molecule has 0 saturated heterocycles. The molecule has 1 aliphatic carbocycles. The van der Waals surface area contributed by atoms with Gasteiger partial charge in [-0.3, -0.25) is 0 Å². The molecule has 0 fully saturated rings. The quantitative estimate of drug-likeness (QED) is 0.473. The van der Waals surface area contributed by atoms with E-state index >= 15 is 0 Å². The van der Waals surface area contributed by atoms with Crippen LogP contribution in [0.2, 0.25) is 0 Å². The molecular weight excluding hydrogens is 306 g/mol. The highest BCUT2D eigenvalue weighted by Gasteiger charge is 2.20. The predicted molar refractivity (Wildman–Crippen MR) is 109 cm³/mol. The maximum Gasteiger partial charge on any atom is 0.0141 e. The molecule has 1 aliphatic rings. The summed E-state index contributed by atoms with van der Waals surface area (Å²) in [6, 6.07) is 28.5. The van der Waals surface area contributed by atoms with Crippen LogP contribution in [0.25, 0.3) is 12.2 Å². The average molecular weight is 325 g/mol. The van der Waals surface area contributed by atoms with Gasteiger partial charge in [0.05, 0.1) is 0 Å². The molecule has 1 unspecified atom stereocenters. The highest BCUT2D eigenvalue weighted by atomic mass is 31.1. The SMILES string of the molecule is C1=Cc2ccccc2C(CPc2ccccc2)c2ccccc21.[B]. The van der Waals surface area contributed by atoms with Gasteiger partial charge in [0, 0.05) is 14.3 Å². The molecule has 1 atom stereocenters. The molecule has 3 aromatic carbocycles. The van der Waals surface area contributed by atoms with Crippen molar-refractivity contribution in [1.29, 1.82) is 0 Å². The molecule has 24 heavy (non-hydrogen) atoms. The van der Waals surface area contributed by atoms with Gasteiger partial charge >= 0.3 is 0 Å². The first kappa shape index (κ1) is 16.7. The first-order valence-electron chi connectivity index (χ1n) is 8.07. The molecule has 0 aliphatic heterocycles. The van der Waals surface area contributed by atoms with E-state index in [0.29, 0.717) is 5.92 Å². The Kier molecular flexibility index (Phi) is 5.33. The second-order valence-electron chi connectivity index (χ2n) is 5.89. The summed E-state index contributed by atoms with van der Waals surface area (Å²) in [5.41, 5.74) is 5.62. The fraction of sp³-hybridized carbons (Fsp3) is 0.0909. The van der Waals surface area contributed by atoms with Crippen molar-refractivity contribution in [2.24, 2.45) is 0 Å². The van der Waals surface area contributed by atoms with Gasteiger partial charge in [-0.1, -0.05) is 99.6 Å². The Morgan fingerprint density at radius 1 is 0.625 bits per heavy atom. The fourth-order valence-electron chi connectivity index (χ4n) is 3.30. The van der Waals surface area contributed by atoms with Gasteiger partial charge in [0.1, 0.15) is 0 Å². The van der Waals surface area contributed by atoms with Gasteiger partial charge in [0.15, 0.2) is 0 Å². The molecule has 2 heteroatoms. The first-order valence-corrected chi connectivity index (χ1v) is 9.27. The lowest BCUT2D eigenvalue weighted by Crippen LogP contribution is -2.08. The van der Waals surface area contributed by atoms with Gasteiger partial charge in [-0.25, -0.2) is 0 Å². The number of hydrogen-bond acceptors (Lipinski definition) is 0. The Morgan fingerprint density at radius 2 is 1.12 bits per heavy atom. The number of rotatable bonds is 3. The molecule has 0 heterocycles. The van der Waals surface area contributed by atoms with Gasteiger partial charge < -0.3 is 0 Å². The van der Waals surface area contributed by atoms with Crippen molar-refractivity contribution in [2.45, 2.75) is 5.92 Å². The lowest BCUT2D eigenvalue weighted by Gasteiger charge is -2.20. The van der Waals surface area contributed by atoms with Crippen molar-refractivity contribution >= 4 is 34.5 Å². The van der Waals surface area contributed by atoms with Crippen LogP contribution in [0.4, 0.5) is 0 Å². The maximum absolute atomic E-state index is 2.29. The fourth-order valence-corrected chi connectivity index (χ4v) is 4.61. The molecule has 0 bridgehead atoms. The molecule has 3 radical (unpaired) electrons. The van der Waals surface area contributed by atoms with Crippen LogP contribution in [-0.2, 0) is 0 Å². The average Bonchev–Trinajstić information content (AvgIpc) is 2.78. The Labute approximate surface area is 148 Å². The molecule has 0 spiro atoms. The molecule has 115 valence electrons. The summed E-state index contributed by atoms with van der Waals surface area (Å²) in [5.74, 6) is 0.468. The molecular formula is C22H19BP. The Morgan fingerprint density at radius 3 is 1.71 bits per heavy atom. The predicted octanol–water partition coefficient (Wildman–Crippen LogP) is 4.93. The Bertz CT molecular complexity index is 790. The minimum absolute atomic E-state index is 0. The third-order valence-electron chi connectivity index (χ3n) is 4.47. The van der Waals surface area contributed by atoms with Crippen LogP contribution in [0.5, 0.6) is 0 Å². The molecule has 0 aromatic heterocycles. The van der Waals surface area contributed by atoms with Crippen LogP contribution >= 0.6 is 8.58 Å². The van der Waals surface area contributed by atoms with E-state index in [0.717, 1.165) is 8.58 Å². The summed E-state index contributed by atoms with van der Waals surface area (Å²) in [6.45, 7) is 0. The Balaban J connectivity index is 0.00000169. The minimum atomic E-state index is 0. The zero-order chi connectivity index (χ0) is 15.5. The normalized spacial score (nSPS) is 13.2. The van der Waals surface area contributed by atoms with Gasteiger partial charge in [-0.05, 0) is 33.7 Å². The van der Waals surface area contributed by atoms with E-state index in [1.54, 1.807) is 0 Å². The van der Waals surface area contributed by atoms with Crippen LogP contribution in [0.3, 0.4) is 0 Å². The van der Waals surface area contributed by atoms with Gasteiger partial charge in [-0.15, -0.1) is 0 Å². The summed E-state index contributed by atoms with van der Waals surface area (Å²) >= 11 is 0. The molecule has 4 rings (SSSR count).